The molecule has 1 saturated heterocycles. The van der Waals surface area contributed by atoms with Crippen LogP contribution in [0.15, 0.2) is 18.2 Å². The molecule has 0 spiro atoms. The fraction of sp³-hybridized carbons (Fsp3) is 0.364. The highest BCUT2D eigenvalue weighted by atomic mass is 19.1. The number of morpholine rings is 1. The molecule has 0 saturated carbocycles. The molecule has 1 aromatic rings. The first-order chi connectivity index (χ1) is 7.70. The third-order valence-corrected chi connectivity index (χ3v) is 2.45. The molecule has 1 heterocycles. The van der Waals surface area contributed by atoms with Crippen LogP contribution in [0, 0.1) is 11.6 Å². The van der Waals surface area contributed by atoms with Crippen LogP contribution in [-0.2, 0) is 4.74 Å². The smallest absolute Gasteiger partial charge is 0.187 e. The maximum atomic E-state index is 13.3. The summed E-state index contributed by atoms with van der Waals surface area (Å²) in [6, 6.07) is 2.70. The summed E-state index contributed by atoms with van der Waals surface area (Å²) in [5, 5.41) is 2.86. The molecule has 0 aliphatic carbocycles. The zero-order valence-electron chi connectivity index (χ0n) is 8.50. The molecule has 3 nitrogen and oxygen atoms in total. The van der Waals surface area contributed by atoms with E-state index in [1.54, 1.807) is 0 Å². The first-order valence-electron chi connectivity index (χ1n) is 4.99. The van der Waals surface area contributed by atoms with Gasteiger partial charge in [-0.25, -0.2) is 8.78 Å². The van der Waals surface area contributed by atoms with E-state index in [4.69, 9.17) is 4.74 Å². The average Bonchev–Trinajstić information content (AvgIpc) is 2.30. The number of Topliss-reactive ketones (excluding diaryl/α,β-unsaturated/α-hetero) is 1. The first kappa shape index (κ1) is 11.2. The number of ether oxygens (including phenoxy) is 1. The number of rotatable bonds is 2. The van der Waals surface area contributed by atoms with Gasteiger partial charge < -0.3 is 10.1 Å². The highest BCUT2D eigenvalue weighted by Gasteiger charge is 2.27. The van der Waals surface area contributed by atoms with Crippen molar-refractivity contribution in [2.24, 2.45) is 0 Å². The van der Waals surface area contributed by atoms with Crippen molar-refractivity contribution in [1.82, 2.24) is 5.32 Å². The van der Waals surface area contributed by atoms with Gasteiger partial charge in [-0.1, -0.05) is 6.07 Å². The highest BCUT2D eigenvalue weighted by Crippen LogP contribution is 2.15. The van der Waals surface area contributed by atoms with Crippen molar-refractivity contribution in [3.8, 4) is 0 Å². The van der Waals surface area contributed by atoms with Crippen LogP contribution in [0.5, 0.6) is 0 Å². The third-order valence-electron chi connectivity index (χ3n) is 2.45. The topological polar surface area (TPSA) is 38.3 Å². The molecular formula is C11H11F2NO2. The van der Waals surface area contributed by atoms with Crippen molar-refractivity contribution in [3.63, 3.8) is 0 Å². The Morgan fingerprint density at radius 1 is 1.38 bits per heavy atom. The van der Waals surface area contributed by atoms with E-state index in [0.29, 0.717) is 13.2 Å². The Bertz CT molecular complexity index is 383. The second-order valence-corrected chi connectivity index (χ2v) is 3.54. The number of ketones is 1. The van der Waals surface area contributed by atoms with E-state index in [1.807, 2.05) is 0 Å². The molecule has 1 N–H and O–H groups in total. The fourth-order valence-electron chi connectivity index (χ4n) is 1.64. The summed E-state index contributed by atoms with van der Waals surface area (Å²) in [5.41, 5.74) is -0.495. The standard InChI is InChI=1S/C11H11F2NO2/c12-7-2-1-3-8(13)10(7)11(15)9-6-16-5-4-14-9/h1-3,9,14H,4-6H2. The van der Waals surface area contributed by atoms with Gasteiger partial charge in [-0.3, -0.25) is 4.79 Å². The van der Waals surface area contributed by atoms with Crippen LogP contribution in [0.3, 0.4) is 0 Å². The van der Waals surface area contributed by atoms with Crippen LogP contribution in [0.2, 0.25) is 0 Å². The van der Waals surface area contributed by atoms with Gasteiger partial charge in [0.05, 0.1) is 24.8 Å². The van der Waals surface area contributed by atoms with Crippen LogP contribution in [0.25, 0.3) is 0 Å². The van der Waals surface area contributed by atoms with Crippen molar-refractivity contribution in [2.75, 3.05) is 19.8 Å². The van der Waals surface area contributed by atoms with Crippen LogP contribution in [-0.4, -0.2) is 31.6 Å². The van der Waals surface area contributed by atoms with Gasteiger partial charge in [-0.15, -0.1) is 0 Å². The van der Waals surface area contributed by atoms with Crippen molar-refractivity contribution >= 4 is 5.78 Å². The van der Waals surface area contributed by atoms with Gasteiger partial charge in [-0.05, 0) is 12.1 Å². The second-order valence-electron chi connectivity index (χ2n) is 3.54. The average molecular weight is 227 g/mol. The minimum atomic E-state index is -0.836. The van der Waals surface area contributed by atoms with E-state index >= 15 is 0 Å². The summed E-state index contributed by atoms with van der Waals surface area (Å²) in [6.45, 7) is 1.16. The second kappa shape index (κ2) is 4.67. The van der Waals surface area contributed by atoms with E-state index in [2.05, 4.69) is 5.32 Å². The third kappa shape index (κ3) is 2.10. The van der Waals surface area contributed by atoms with Crippen molar-refractivity contribution < 1.29 is 18.3 Å². The van der Waals surface area contributed by atoms with Gasteiger partial charge in [-0.2, -0.15) is 0 Å². The molecule has 5 heteroatoms. The number of nitrogens with one attached hydrogen (secondary N) is 1. The normalized spacial score (nSPS) is 20.8. The Hall–Kier alpha value is -1.33. The zero-order chi connectivity index (χ0) is 11.5. The minimum Gasteiger partial charge on any atom is -0.378 e. The minimum absolute atomic E-state index is 0.145. The summed E-state index contributed by atoms with van der Waals surface area (Å²) in [6.07, 6.45) is 0. The fourth-order valence-corrected chi connectivity index (χ4v) is 1.64. The van der Waals surface area contributed by atoms with Gasteiger partial charge in [0.1, 0.15) is 11.6 Å². The van der Waals surface area contributed by atoms with Gasteiger partial charge in [0.15, 0.2) is 5.78 Å². The van der Waals surface area contributed by atoms with E-state index in [1.165, 1.54) is 6.07 Å². The number of hydrogen-bond donors (Lipinski definition) is 1. The molecule has 16 heavy (non-hydrogen) atoms. The summed E-state index contributed by atoms with van der Waals surface area (Å²) in [5.74, 6) is -2.27. The SMILES string of the molecule is O=C(c1c(F)cccc1F)C1COCCN1. The van der Waals surface area contributed by atoms with Crippen LogP contribution < -0.4 is 5.32 Å². The number of carbonyl (C=O) groups excluding carboxylic acids is 1. The van der Waals surface area contributed by atoms with Crippen molar-refractivity contribution in [2.45, 2.75) is 6.04 Å². The van der Waals surface area contributed by atoms with Crippen LogP contribution in [0.4, 0.5) is 8.78 Å². The van der Waals surface area contributed by atoms with Gasteiger partial charge in [0.2, 0.25) is 0 Å². The molecule has 1 atom stereocenters. The van der Waals surface area contributed by atoms with Crippen molar-refractivity contribution in [1.29, 1.82) is 0 Å². The molecule has 1 fully saturated rings. The summed E-state index contributed by atoms with van der Waals surface area (Å²) in [7, 11) is 0. The van der Waals surface area contributed by atoms with E-state index in [9.17, 15) is 13.6 Å². The lowest BCUT2D eigenvalue weighted by Gasteiger charge is -2.22. The Balaban J connectivity index is 2.26. The van der Waals surface area contributed by atoms with Gasteiger partial charge >= 0.3 is 0 Å². The van der Waals surface area contributed by atoms with Gasteiger partial charge in [0.25, 0.3) is 0 Å². The summed E-state index contributed by atoms with van der Waals surface area (Å²) >= 11 is 0. The molecule has 2 rings (SSSR count). The predicted molar refractivity (Wildman–Crippen MR) is 53.3 cm³/mol. The molecule has 1 aromatic carbocycles. The van der Waals surface area contributed by atoms with E-state index in [-0.39, 0.29) is 6.61 Å². The first-order valence-corrected chi connectivity index (χ1v) is 4.99. The Morgan fingerprint density at radius 2 is 2.06 bits per heavy atom. The van der Waals surface area contributed by atoms with Crippen molar-refractivity contribution in [3.05, 3.63) is 35.4 Å². The number of halogens is 2. The maximum absolute atomic E-state index is 13.3. The number of benzene rings is 1. The van der Waals surface area contributed by atoms with Crippen LogP contribution in [0.1, 0.15) is 10.4 Å². The van der Waals surface area contributed by atoms with Gasteiger partial charge in [0, 0.05) is 6.54 Å². The lowest BCUT2D eigenvalue weighted by atomic mass is 10.0. The lowest BCUT2D eigenvalue weighted by molar-refractivity contribution is 0.0602. The Kier molecular flexibility index (Phi) is 3.26. The Morgan fingerprint density at radius 3 is 2.62 bits per heavy atom. The largest absolute Gasteiger partial charge is 0.378 e. The summed E-state index contributed by atoms with van der Waals surface area (Å²) < 4.78 is 31.7. The molecule has 86 valence electrons. The molecule has 0 amide bonds. The lowest BCUT2D eigenvalue weighted by Crippen LogP contribution is -2.46. The molecule has 0 aromatic heterocycles. The van der Waals surface area contributed by atoms with E-state index < -0.39 is 29.0 Å². The van der Waals surface area contributed by atoms with Crippen LogP contribution >= 0.6 is 0 Å². The number of hydrogen-bond acceptors (Lipinski definition) is 3. The maximum Gasteiger partial charge on any atom is 0.187 e. The summed E-state index contributed by atoms with van der Waals surface area (Å²) in [4.78, 5) is 11.8. The predicted octanol–water partition coefficient (Wildman–Crippen LogP) is 1.14. The monoisotopic (exact) mass is 227 g/mol. The van der Waals surface area contributed by atoms with E-state index in [0.717, 1.165) is 12.1 Å². The highest BCUT2D eigenvalue weighted by molar-refractivity contribution is 6.00. The molecule has 1 unspecified atom stereocenters. The zero-order valence-corrected chi connectivity index (χ0v) is 8.50. The Labute approximate surface area is 91.4 Å². The molecule has 0 radical (unpaired) electrons. The molecule has 1 aliphatic rings. The molecule has 0 bridgehead atoms. The quantitative estimate of drug-likeness (QED) is 0.770. The number of carbonyl (C=O) groups is 1. The molecule has 1 aliphatic heterocycles. The molecular weight excluding hydrogens is 216 g/mol.